The van der Waals surface area contributed by atoms with Crippen molar-refractivity contribution < 1.29 is 9.53 Å². The zero-order valence-corrected chi connectivity index (χ0v) is 9.06. The molecule has 1 aliphatic rings. The van der Waals surface area contributed by atoms with E-state index in [-0.39, 0.29) is 12.1 Å². The molecule has 1 aliphatic heterocycles. The Balaban J connectivity index is 2.29. The highest BCUT2D eigenvalue weighted by Crippen LogP contribution is 2.29. The summed E-state index contributed by atoms with van der Waals surface area (Å²) in [7, 11) is 1.43. The van der Waals surface area contributed by atoms with Crippen LogP contribution in [0.15, 0.2) is 24.3 Å². The van der Waals surface area contributed by atoms with Crippen molar-refractivity contribution in [3.8, 4) is 0 Å². The van der Waals surface area contributed by atoms with E-state index in [9.17, 15) is 4.79 Å². The fraction of sp³-hybridized carbons (Fsp3) is 0.417. The van der Waals surface area contributed by atoms with Crippen molar-refractivity contribution in [3.05, 3.63) is 35.4 Å². The summed E-state index contributed by atoms with van der Waals surface area (Å²) in [6.45, 7) is 2.78. The topological polar surface area (TPSA) is 29.5 Å². The minimum Gasteiger partial charge on any atom is -0.453 e. The number of methoxy groups -OCH3 is 1. The maximum absolute atomic E-state index is 11.5. The van der Waals surface area contributed by atoms with Gasteiger partial charge < -0.3 is 9.64 Å². The number of rotatable bonds is 0. The quantitative estimate of drug-likeness (QED) is 0.650. The molecule has 1 unspecified atom stereocenters. The largest absolute Gasteiger partial charge is 0.453 e. The summed E-state index contributed by atoms with van der Waals surface area (Å²) in [6.07, 6.45) is 0.673. The number of hydrogen-bond donors (Lipinski definition) is 0. The number of carbonyl (C=O) groups is 1. The van der Waals surface area contributed by atoms with Crippen LogP contribution in [0.25, 0.3) is 0 Å². The first-order chi connectivity index (χ1) is 7.24. The van der Waals surface area contributed by atoms with Crippen LogP contribution >= 0.6 is 0 Å². The molecule has 0 N–H and O–H groups in total. The van der Waals surface area contributed by atoms with Crippen LogP contribution in [-0.2, 0) is 11.2 Å². The van der Waals surface area contributed by atoms with Gasteiger partial charge in [-0.15, -0.1) is 0 Å². The molecule has 0 saturated heterocycles. The molecular weight excluding hydrogens is 190 g/mol. The van der Waals surface area contributed by atoms with E-state index in [1.807, 2.05) is 19.1 Å². The second-order valence-electron chi connectivity index (χ2n) is 3.79. The first kappa shape index (κ1) is 10.0. The van der Waals surface area contributed by atoms with E-state index < -0.39 is 0 Å². The van der Waals surface area contributed by atoms with Crippen LogP contribution in [0.4, 0.5) is 4.79 Å². The lowest BCUT2D eigenvalue weighted by molar-refractivity contribution is 0.105. The van der Waals surface area contributed by atoms with E-state index in [1.54, 1.807) is 4.90 Å². The molecule has 1 heterocycles. The third kappa shape index (κ3) is 1.69. The smallest absolute Gasteiger partial charge is 0.409 e. The molecule has 2 rings (SSSR count). The van der Waals surface area contributed by atoms with E-state index in [1.165, 1.54) is 18.2 Å². The van der Waals surface area contributed by atoms with Gasteiger partial charge in [-0.1, -0.05) is 24.3 Å². The fourth-order valence-corrected chi connectivity index (χ4v) is 2.14. The second kappa shape index (κ2) is 3.93. The number of nitrogens with zero attached hydrogens (tertiary/aromatic N) is 1. The predicted molar refractivity (Wildman–Crippen MR) is 57.7 cm³/mol. The molecule has 1 amide bonds. The summed E-state index contributed by atoms with van der Waals surface area (Å²) in [5.41, 5.74) is 2.57. The number of fused-ring (bicyclic) bond motifs is 1. The van der Waals surface area contributed by atoms with Gasteiger partial charge in [0.15, 0.2) is 0 Å². The van der Waals surface area contributed by atoms with Crippen molar-refractivity contribution in [2.24, 2.45) is 0 Å². The van der Waals surface area contributed by atoms with Gasteiger partial charge in [0.2, 0.25) is 0 Å². The van der Waals surface area contributed by atoms with Crippen molar-refractivity contribution in [1.82, 2.24) is 4.90 Å². The van der Waals surface area contributed by atoms with E-state index in [4.69, 9.17) is 4.74 Å². The molecule has 0 bridgehead atoms. The van der Waals surface area contributed by atoms with Gasteiger partial charge in [-0.3, -0.25) is 0 Å². The van der Waals surface area contributed by atoms with Crippen LogP contribution in [0.3, 0.4) is 0 Å². The molecule has 1 aromatic rings. The monoisotopic (exact) mass is 205 g/mol. The Hall–Kier alpha value is -1.51. The summed E-state index contributed by atoms with van der Waals surface area (Å²) in [6, 6.07) is 8.37. The number of carbonyl (C=O) groups excluding carboxylic acids is 1. The van der Waals surface area contributed by atoms with E-state index in [2.05, 4.69) is 12.1 Å². The molecule has 80 valence electrons. The van der Waals surface area contributed by atoms with Gasteiger partial charge in [-0.2, -0.15) is 0 Å². The van der Waals surface area contributed by atoms with E-state index >= 15 is 0 Å². The van der Waals surface area contributed by atoms with Gasteiger partial charge in [0.05, 0.1) is 13.2 Å². The zero-order chi connectivity index (χ0) is 10.8. The van der Waals surface area contributed by atoms with Crippen molar-refractivity contribution >= 4 is 6.09 Å². The Bertz CT molecular complexity index is 376. The molecule has 0 saturated carbocycles. The lowest BCUT2D eigenvalue weighted by Gasteiger charge is -2.33. The highest BCUT2D eigenvalue weighted by molar-refractivity contribution is 5.68. The van der Waals surface area contributed by atoms with Crippen LogP contribution in [0.5, 0.6) is 0 Å². The fourth-order valence-electron chi connectivity index (χ4n) is 2.14. The van der Waals surface area contributed by atoms with Crippen LogP contribution < -0.4 is 0 Å². The Morgan fingerprint density at radius 2 is 2.20 bits per heavy atom. The molecule has 3 heteroatoms. The van der Waals surface area contributed by atoms with Crippen LogP contribution in [0, 0.1) is 0 Å². The van der Waals surface area contributed by atoms with Crippen molar-refractivity contribution in [3.63, 3.8) is 0 Å². The zero-order valence-electron chi connectivity index (χ0n) is 9.06. The second-order valence-corrected chi connectivity index (χ2v) is 3.79. The Morgan fingerprint density at radius 3 is 2.93 bits per heavy atom. The molecule has 0 spiro atoms. The number of amides is 1. The molecular formula is C12H15NO2. The Kier molecular flexibility index (Phi) is 2.62. The summed E-state index contributed by atoms with van der Waals surface area (Å²) < 4.78 is 4.76. The maximum Gasteiger partial charge on any atom is 0.409 e. The molecule has 3 nitrogen and oxygen atoms in total. The van der Waals surface area contributed by atoms with Crippen LogP contribution in [-0.4, -0.2) is 24.6 Å². The van der Waals surface area contributed by atoms with Crippen molar-refractivity contribution in [1.29, 1.82) is 0 Å². The average molecular weight is 205 g/mol. The standard InChI is InChI=1S/C12H15NO2/c1-9-11-6-4-3-5-10(11)7-8-13(9)12(14)15-2/h3-6,9H,7-8H2,1-2H3. The first-order valence-electron chi connectivity index (χ1n) is 5.16. The first-order valence-corrected chi connectivity index (χ1v) is 5.16. The molecule has 0 radical (unpaired) electrons. The minimum atomic E-state index is -0.239. The van der Waals surface area contributed by atoms with Crippen molar-refractivity contribution in [2.45, 2.75) is 19.4 Å². The van der Waals surface area contributed by atoms with Crippen LogP contribution in [0.2, 0.25) is 0 Å². The Morgan fingerprint density at radius 1 is 1.47 bits per heavy atom. The highest BCUT2D eigenvalue weighted by atomic mass is 16.5. The highest BCUT2D eigenvalue weighted by Gasteiger charge is 2.27. The van der Waals surface area contributed by atoms with E-state index in [0.29, 0.717) is 0 Å². The lowest BCUT2D eigenvalue weighted by atomic mass is 9.94. The molecule has 1 atom stereocenters. The van der Waals surface area contributed by atoms with Gasteiger partial charge in [0.1, 0.15) is 0 Å². The van der Waals surface area contributed by atoms with Gasteiger partial charge in [-0.05, 0) is 24.5 Å². The molecule has 0 aromatic heterocycles. The average Bonchev–Trinajstić information content (AvgIpc) is 2.29. The summed E-state index contributed by atoms with van der Waals surface area (Å²) >= 11 is 0. The number of benzene rings is 1. The van der Waals surface area contributed by atoms with Gasteiger partial charge >= 0.3 is 6.09 Å². The number of ether oxygens (including phenoxy) is 1. The summed E-state index contributed by atoms with van der Waals surface area (Å²) in [5, 5.41) is 0. The molecule has 0 fully saturated rings. The lowest BCUT2D eigenvalue weighted by Crippen LogP contribution is -2.38. The Labute approximate surface area is 89.7 Å². The van der Waals surface area contributed by atoms with Gasteiger partial charge in [-0.25, -0.2) is 4.79 Å². The number of hydrogen-bond acceptors (Lipinski definition) is 2. The summed E-state index contributed by atoms with van der Waals surface area (Å²) in [4.78, 5) is 13.3. The maximum atomic E-state index is 11.5. The van der Waals surface area contributed by atoms with Crippen molar-refractivity contribution in [2.75, 3.05) is 13.7 Å². The molecule has 1 aromatic carbocycles. The summed E-state index contributed by atoms with van der Waals surface area (Å²) in [5.74, 6) is 0. The molecule has 15 heavy (non-hydrogen) atoms. The predicted octanol–water partition coefficient (Wildman–Crippen LogP) is 2.37. The van der Waals surface area contributed by atoms with Gasteiger partial charge in [0, 0.05) is 6.54 Å². The van der Waals surface area contributed by atoms with Gasteiger partial charge in [0.25, 0.3) is 0 Å². The molecule has 0 aliphatic carbocycles. The van der Waals surface area contributed by atoms with E-state index in [0.717, 1.165) is 13.0 Å². The third-order valence-electron chi connectivity index (χ3n) is 3.00. The normalized spacial score (nSPS) is 19.6. The SMILES string of the molecule is COC(=O)N1CCc2ccccc2C1C. The minimum absolute atomic E-state index is 0.113. The van der Waals surface area contributed by atoms with Crippen LogP contribution in [0.1, 0.15) is 24.1 Å². The third-order valence-corrected chi connectivity index (χ3v) is 3.00.